The van der Waals surface area contributed by atoms with Gasteiger partial charge in [-0.05, 0) is 42.5 Å². The number of hydrogen-bond acceptors (Lipinski definition) is 5. The van der Waals surface area contributed by atoms with Crippen molar-refractivity contribution in [2.24, 2.45) is 7.05 Å². The summed E-state index contributed by atoms with van der Waals surface area (Å²) in [5.41, 5.74) is 3.58. The quantitative estimate of drug-likeness (QED) is 0.441. The van der Waals surface area contributed by atoms with Crippen LogP contribution in [0.3, 0.4) is 0 Å². The Bertz CT molecular complexity index is 1360. The van der Waals surface area contributed by atoms with Crippen LogP contribution in [0.25, 0.3) is 11.0 Å². The largest absolute Gasteiger partial charge is 0.369 e. The van der Waals surface area contributed by atoms with Crippen molar-refractivity contribution in [3.05, 3.63) is 84.7 Å². The second-order valence-electron chi connectivity index (χ2n) is 8.62. The molecule has 4 aromatic rings. The molecule has 0 bridgehead atoms. The molecular formula is C26H29N5O2S. The first kappa shape index (κ1) is 22.4. The van der Waals surface area contributed by atoms with E-state index in [1.54, 1.807) is 42.5 Å². The summed E-state index contributed by atoms with van der Waals surface area (Å²) in [6.45, 7) is 5.07. The molecule has 3 aromatic carbocycles. The van der Waals surface area contributed by atoms with Gasteiger partial charge in [0.1, 0.15) is 5.82 Å². The van der Waals surface area contributed by atoms with Crippen molar-refractivity contribution in [1.29, 1.82) is 0 Å². The summed E-state index contributed by atoms with van der Waals surface area (Å²) in [5, 5.41) is 0. The first-order chi connectivity index (χ1) is 16.5. The molecule has 1 N–H and O–H groups in total. The molecule has 0 saturated carbocycles. The number of imidazole rings is 1. The molecule has 34 heavy (non-hydrogen) atoms. The van der Waals surface area contributed by atoms with Crippen molar-refractivity contribution in [3.8, 4) is 0 Å². The van der Waals surface area contributed by atoms with Gasteiger partial charge >= 0.3 is 0 Å². The van der Waals surface area contributed by atoms with Crippen LogP contribution in [0, 0.1) is 0 Å². The summed E-state index contributed by atoms with van der Waals surface area (Å²) < 4.78 is 30.1. The monoisotopic (exact) mass is 475 g/mol. The second kappa shape index (κ2) is 9.48. The fraction of sp³-hybridized carbons (Fsp3) is 0.269. The van der Waals surface area contributed by atoms with Crippen LogP contribution in [-0.2, 0) is 23.5 Å². The maximum Gasteiger partial charge on any atom is 0.261 e. The number of nitrogens with one attached hydrogen (secondary N) is 1. The summed E-state index contributed by atoms with van der Waals surface area (Å²) >= 11 is 0. The van der Waals surface area contributed by atoms with Crippen molar-refractivity contribution in [1.82, 2.24) is 14.5 Å². The van der Waals surface area contributed by atoms with E-state index >= 15 is 0 Å². The lowest BCUT2D eigenvalue weighted by molar-refractivity contribution is 0.259. The number of para-hydroxylation sites is 1. The highest BCUT2D eigenvalue weighted by molar-refractivity contribution is 7.92. The lowest BCUT2D eigenvalue weighted by atomic mass is 10.2. The third-order valence-corrected chi connectivity index (χ3v) is 7.82. The third kappa shape index (κ3) is 4.78. The maximum absolute atomic E-state index is 12.7. The zero-order valence-corrected chi connectivity index (χ0v) is 20.1. The predicted octanol–water partition coefficient (Wildman–Crippen LogP) is 3.74. The number of fused-ring (bicyclic) bond motifs is 1. The average molecular weight is 476 g/mol. The number of rotatable bonds is 7. The first-order valence-electron chi connectivity index (χ1n) is 11.6. The minimum Gasteiger partial charge on any atom is -0.369 e. The zero-order valence-electron chi connectivity index (χ0n) is 19.3. The average Bonchev–Trinajstić information content (AvgIpc) is 3.18. The van der Waals surface area contributed by atoms with E-state index in [1.807, 2.05) is 13.1 Å². The summed E-state index contributed by atoms with van der Waals surface area (Å²) in [5.74, 6) is 1.00. The number of benzene rings is 3. The maximum atomic E-state index is 12.7. The molecule has 2 heterocycles. The number of piperazine rings is 1. The topological polar surface area (TPSA) is 70.5 Å². The summed E-state index contributed by atoms with van der Waals surface area (Å²) in [7, 11) is -1.61. The molecule has 1 aliphatic heterocycles. The molecule has 0 aliphatic carbocycles. The summed E-state index contributed by atoms with van der Waals surface area (Å²) in [4.78, 5) is 9.97. The molecule has 1 saturated heterocycles. The molecule has 1 aliphatic rings. The molecule has 0 spiro atoms. The van der Waals surface area contributed by atoms with Crippen molar-refractivity contribution in [2.45, 2.75) is 11.3 Å². The highest BCUT2D eigenvalue weighted by Gasteiger charge is 2.19. The molecule has 5 rings (SSSR count). The molecule has 8 heteroatoms. The number of nitrogens with zero attached hydrogens (tertiary/aromatic N) is 4. The lowest BCUT2D eigenvalue weighted by Gasteiger charge is -2.36. The Balaban J connectivity index is 1.23. The van der Waals surface area contributed by atoms with Crippen LogP contribution in [-0.4, -0.2) is 55.6 Å². The van der Waals surface area contributed by atoms with Gasteiger partial charge in [-0.25, -0.2) is 13.4 Å². The molecule has 176 valence electrons. The van der Waals surface area contributed by atoms with Gasteiger partial charge in [0, 0.05) is 51.9 Å². The Morgan fingerprint density at radius 2 is 1.56 bits per heavy atom. The van der Waals surface area contributed by atoms with Crippen LogP contribution >= 0.6 is 0 Å². The van der Waals surface area contributed by atoms with E-state index in [-0.39, 0.29) is 4.90 Å². The van der Waals surface area contributed by atoms with Gasteiger partial charge in [0.25, 0.3) is 10.0 Å². The van der Waals surface area contributed by atoms with Gasteiger partial charge in [-0.2, -0.15) is 0 Å². The summed E-state index contributed by atoms with van der Waals surface area (Å²) in [6.07, 6.45) is 0.849. The number of aromatic nitrogens is 2. The Kier molecular flexibility index (Phi) is 6.26. The molecule has 0 radical (unpaired) electrons. The van der Waals surface area contributed by atoms with Crippen molar-refractivity contribution in [2.75, 3.05) is 42.3 Å². The van der Waals surface area contributed by atoms with Gasteiger partial charge in [-0.15, -0.1) is 0 Å². The number of sulfonamides is 1. The second-order valence-corrected chi connectivity index (χ2v) is 10.3. The Labute approximate surface area is 200 Å². The highest BCUT2D eigenvalue weighted by atomic mass is 32.2. The van der Waals surface area contributed by atoms with Crippen LogP contribution in [0.2, 0.25) is 0 Å². The molecule has 1 aromatic heterocycles. The van der Waals surface area contributed by atoms with Gasteiger partial charge in [0.15, 0.2) is 0 Å². The molecular weight excluding hydrogens is 446 g/mol. The van der Waals surface area contributed by atoms with E-state index < -0.39 is 10.0 Å². The van der Waals surface area contributed by atoms with E-state index in [9.17, 15) is 8.42 Å². The van der Waals surface area contributed by atoms with Gasteiger partial charge in [0.2, 0.25) is 0 Å². The molecule has 1 fully saturated rings. The minimum absolute atomic E-state index is 0.240. The van der Waals surface area contributed by atoms with Gasteiger partial charge in [-0.1, -0.05) is 36.4 Å². The van der Waals surface area contributed by atoms with Gasteiger partial charge in [-0.3, -0.25) is 9.62 Å². The van der Waals surface area contributed by atoms with Crippen molar-refractivity contribution < 1.29 is 8.42 Å². The van der Waals surface area contributed by atoms with Gasteiger partial charge < -0.3 is 9.47 Å². The predicted molar refractivity (Wildman–Crippen MR) is 137 cm³/mol. The third-order valence-electron chi connectivity index (χ3n) is 6.42. The number of hydrogen-bond donors (Lipinski definition) is 1. The fourth-order valence-corrected chi connectivity index (χ4v) is 5.55. The van der Waals surface area contributed by atoms with Crippen LogP contribution in [0.4, 0.5) is 11.4 Å². The van der Waals surface area contributed by atoms with Crippen LogP contribution in [0.1, 0.15) is 5.82 Å². The van der Waals surface area contributed by atoms with Crippen molar-refractivity contribution >= 4 is 32.4 Å². The smallest absolute Gasteiger partial charge is 0.261 e. The lowest BCUT2D eigenvalue weighted by Crippen LogP contribution is -2.47. The van der Waals surface area contributed by atoms with Crippen molar-refractivity contribution in [3.63, 3.8) is 0 Å². The molecule has 7 nitrogen and oxygen atoms in total. The van der Waals surface area contributed by atoms with Crippen LogP contribution < -0.4 is 9.62 Å². The fourth-order valence-electron chi connectivity index (χ4n) is 4.48. The highest BCUT2D eigenvalue weighted by Crippen LogP contribution is 2.23. The van der Waals surface area contributed by atoms with Gasteiger partial charge in [0.05, 0.1) is 21.6 Å². The molecule has 0 atom stereocenters. The SMILES string of the molecule is Cn1c(CCN2CCN(c3ccccc3)CC2)nc2cc(NS(=O)(=O)c3ccccc3)ccc21. The standard InChI is InChI=1S/C26H29N5O2S/c1-29-25-13-12-21(28-34(32,33)23-10-6-3-7-11-23)20-24(25)27-26(29)14-15-30-16-18-31(19-17-30)22-8-4-2-5-9-22/h2-13,20,28H,14-19H2,1H3. The number of aryl methyl sites for hydroxylation is 1. The number of anilines is 2. The minimum atomic E-state index is -3.63. The molecule has 0 unspecified atom stereocenters. The van der Waals surface area contributed by atoms with Crippen LogP contribution in [0.5, 0.6) is 0 Å². The first-order valence-corrected chi connectivity index (χ1v) is 13.0. The Morgan fingerprint density at radius 1 is 0.882 bits per heavy atom. The normalized spacial score (nSPS) is 15.0. The van der Waals surface area contributed by atoms with E-state index in [1.165, 1.54) is 5.69 Å². The van der Waals surface area contributed by atoms with Crippen LogP contribution in [0.15, 0.2) is 83.8 Å². The Hall–Kier alpha value is -3.36. The van der Waals surface area contributed by atoms with E-state index in [2.05, 4.69) is 49.4 Å². The molecule has 0 amide bonds. The summed E-state index contributed by atoms with van der Waals surface area (Å²) in [6, 6.07) is 24.5. The van der Waals surface area contributed by atoms with E-state index in [4.69, 9.17) is 4.98 Å². The van der Waals surface area contributed by atoms with E-state index in [0.717, 1.165) is 56.0 Å². The van der Waals surface area contributed by atoms with E-state index in [0.29, 0.717) is 5.69 Å². The Morgan fingerprint density at radius 3 is 2.26 bits per heavy atom. The zero-order chi connectivity index (χ0) is 23.5.